The number of fused-ring (bicyclic) bond motifs is 1. The van der Waals surface area contributed by atoms with Crippen molar-refractivity contribution in [2.24, 2.45) is 0 Å². The van der Waals surface area contributed by atoms with Gasteiger partial charge in [-0.3, -0.25) is 9.69 Å². The second-order valence-electron chi connectivity index (χ2n) is 9.87. The number of benzene rings is 2. The number of carbonyl (C=O) groups excluding carboxylic acids is 2. The first-order valence-electron chi connectivity index (χ1n) is 13.1. The third-order valence-corrected chi connectivity index (χ3v) is 7.18. The van der Waals surface area contributed by atoms with E-state index in [9.17, 15) is 9.59 Å². The molecule has 2 N–H and O–H groups in total. The summed E-state index contributed by atoms with van der Waals surface area (Å²) in [5.74, 6) is 0.778. The summed E-state index contributed by atoms with van der Waals surface area (Å²) in [5, 5.41) is 6.10. The molecule has 39 heavy (non-hydrogen) atoms. The van der Waals surface area contributed by atoms with E-state index in [0.717, 1.165) is 48.7 Å². The lowest BCUT2D eigenvalue weighted by Gasteiger charge is -2.34. The molecule has 10 nitrogen and oxygen atoms in total. The van der Waals surface area contributed by atoms with Crippen LogP contribution in [0.2, 0.25) is 0 Å². The number of nitrogens with zero attached hydrogens (tertiary/aromatic N) is 6. The van der Waals surface area contributed by atoms with Crippen LogP contribution in [0, 0.1) is 0 Å². The van der Waals surface area contributed by atoms with Crippen molar-refractivity contribution >= 4 is 40.8 Å². The lowest BCUT2D eigenvalue weighted by Crippen LogP contribution is -2.46. The zero-order valence-electron chi connectivity index (χ0n) is 22.4. The Morgan fingerprint density at radius 3 is 2.54 bits per heavy atom. The van der Waals surface area contributed by atoms with Crippen LogP contribution in [0.5, 0.6) is 0 Å². The van der Waals surface area contributed by atoms with E-state index in [1.807, 2.05) is 36.4 Å². The molecule has 2 aliphatic heterocycles. The number of nitrogens with one attached hydrogen (secondary N) is 2. The molecule has 0 spiro atoms. The molecule has 5 rings (SSSR count). The highest BCUT2D eigenvalue weighted by Gasteiger charge is 2.29. The molecule has 1 saturated heterocycles. The number of amides is 3. The number of anilines is 5. The van der Waals surface area contributed by atoms with Gasteiger partial charge in [-0.2, -0.15) is 4.98 Å². The fraction of sp³-hybridized carbons (Fsp3) is 0.310. The SMILES string of the molecule is C=CC(=O)Nc1ccccc1CCN1Cc2cnc(Nc3ccc(N4CCN(C)CC4)cc3)nc2N(C)C1=O. The van der Waals surface area contributed by atoms with Crippen molar-refractivity contribution in [3.63, 3.8) is 0 Å². The second-order valence-corrected chi connectivity index (χ2v) is 9.87. The third-order valence-electron chi connectivity index (χ3n) is 7.18. The monoisotopic (exact) mass is 526 g/mol. The molecule has 0 aliphatic carbocycles. The summed E-state index contributed by atoms with van der Waals surface area (Å²) in [6.07, 6.45) is 3.61. The Kier molecular flexibility index (Phi) is 7.74. The summed E-state index contributed by atoms with van der Waals surface area (Å²) >= 11 is 0. The van der Waals surface area contributed by atoms with E-state index in [1.54, 1.807) is 23.0 Å². The molecule has 0 radical (unpaired) electrons. The normalized spacial score (nSPS) is 15.6. The van der Waals surface area contributed by atoms with Gasteiger partial charge in [-0.1, -0.05) is 24.8 Å². The van der Waals surface area contributed by atoms with Crippen molar-refractivity contribution in [3.8, 4) is 0 Å². The molecule has 10 heteroatoms. The van der Waals surface area contributed by atoms with Crippen molar-refractivity contribution in [2.45, 2.75) is 13.0 Å². The van der Waals surface area contributed by atoms with Gasteiger partial charge in [0.1, 0.15) is 5.82 Å². The van der Waals surface area contributed by atoms with Crippen LogP contribution in [0.15, 0.2) is 67.4 Å². The number of likely N-dealkylation sites (N-methyl/N-ethyl adjacent to an activating group) is 1. The van der Waals surface area contributed by atoms with Crippen LogP contribution in [-0.2, 0) is 17.8 Å². The zero-order chi connectivity index (χ0) is 27.4. The first-order valence-corrected chi connectivity index (χ1v) is 13.1. The fourth-order valence-electron chi connectivity index (χ4n) is 4.86. The minimum Gasteiger partial charge on any atom is -0.369 e. The van der Waals surface area contributed by atoms with Crippen molar-refractivity contribution in [2.75, 3.05) is 67.3 Å². The van der Waals surface area contributed by atoms with E-state index in [0.29, 0.717) is 31.3 Å². The predicted molar refractivity (Wildman–Crippen MR) is 155 cm³/mol. The Hall–Kier alpha value is -4.44. The maximum absolute atomic E-state index is 13.2. The Labute approximate surface area is 228 Å². The summed E-state index contributed by atoms with van der Waals surface area (Å²) in [4.78, 5) is 42.2. The first-order chi connectivity index (χ1) is 18.9. The average molecular weight is 527 g/mol. The summed E-state index contributed by atoms with van der Waals surface area (Å²) < 4.78 is 0. The summed E-state index contributed by atoms with van der Waals surface area (Å²) in [7, 11) is 3.88. The van der Waals surface area contributed by atoms with Gasteiger partial charge in [0.05, 0.1) is 6.54 Å². The van der Waals surface area contributed by atoms with Crippen LogP contribution in [-0.4, -0.2) is 78.5 Å². The lowest BCUT2D eigenvalue weighted by molar-refractivity contribution is -0.111. The summed E-state index contributed by atoms with van der Waals surface area (Å²) in [5.41, 5.74) is 4.64. The Morgan fingerprint density at radius 2 is 1.79 bits per heavy atom. The predicted octanol–water partition coefficient (Wildman–Crippen LogP) is 3.71. The fourth-order valence-corrected chi connectivity index (χ4v) is 4.86. The van der Waals surface area contributed by atoms with Crippen molar-refractivity contribution in [3.05, 3.63) is 78.5 Å². The maximum Gasteiger partial charge on any atom is 0.325 e. The van der Waals surface area contributed by atoms with Gasteiger partial charge in [-0.05, 0) is 55.4 Å². The molecule has 3 amide bonds. The summed E-state index contributed by atoms with van der Waals surface area (Å²) in [6.45, 7) is 8.58. The van der Waals surface area contributed by atoms with Crippen LogP contribution < -0.4 is 20.4 Å². The van der Waals surface area contributed by atoms with Crippen LogP contribution in [0.3, 0.4) is 0 Å². The minimum absolute atomic E-state index is 0.128. The van der Waals surface area contributed by atoms with E-state index in [1.165, 1.54) is 11.8 Å². The Balaban J connectivity index is 1.23. The van der Waals surface area contributed by atoms with E-state index in [4.69, 9.17) is 0 Å². The van der Waals surface area contributed by atoms with Crippen molar-refractivity contribution in [1.82, 2.24) is 19.8 Å². The standard InChI is InChI=1S/C29H34N8O2/c1-4-26(38)32-25-8-6-5-7-21(25)13-14-37-20-22-19-30-28(33-27(22)35(3)29(37)39)31-23-9-11-24(12-10-23)36-17-15-34(2)16-18-36/h4-12,19H,1,13-18,20H2,2-3H3,(H,32,38)(H,30,31,33). The maximum atomic E-state index is 13.2. The molecular weight excluding hydrogens is 492 g/mol. The van der Waals surface area contributed by atoms with Gasteiger partial charge >= 0.3 is 6.03 Å². The largest absolute Gasteiger partial charge is 0.369 e. The molecule has 1 fully saturated rings. The topological polar surface area (TPSA) is 96.9 Å². The molecule has 3 heterocycles. The number of carbonyl (C=O) groups is 2. The number of rotatable bonds is 8. The van der Waals surface area contributed by atoms with E-state index in [2.05, 4.69) is 56.2 Å². The molecular formula is C29H34N8O2. The minimum atomic E-state index is -0.266. The number of aromatic nitrogens is 2. The summed E-state index contributed by atoms with van der Waals surface area (Å²) in [6, 6.07) is 15.7. The molecule has 0 atom stereocenters. The van der Waals surface area contributed by atoms with Crippen LogP contribution in [0.4, 0.5) is 33.6 Å². The van der Waals surface area contributed by atoms with Gasteiger partial charge in [-0.15, -0.1) is 0 Å². The zero-order valence-corrected chi connectivity index (χ0v) is 22.4. The number of hydrogen-bond donors (Lipinski definition) is 2. The highest BCUT2D eigenvalue weighted by Crippen LogP contribution is 2.28. The molecule has 2 aromatic carbocycles. The van der Waals surface area contributed by atoms with Gasteiger partial charge in [0.25, 0.3) is 0 Å². The molecule has 1 aromatic heterocycles. The van der Waals surface area contributed by atoms with E-state index < -0.39 is 0 Å². The average Bonchev–Trinajstić information content (AvgIpc) is 2.96. The Bertz CT molecular complexity index is 1350. The Morgan fingerprint density at radius 1 is 1.05 bits per heavy atom. The van der Waals surface area contributed by atoms with Crippen LogP contribution in [0.25, 0.3) is 0 Å². The van der Waals surface area contributed by atoms with Crippen LogP contribution in [0.1, 0.15) is 11.1 Å². The highest BCUT2D eigenvalue weighted by molar-refractivity contribution is 5.99. The molecule has 0 bridgehead atoms. The number of urea groups is 1. The molecule has 0 unspecified atom stereocenters. The van der Waals surface area contributed by atoms with Crippen molar-refractivity contribution < 1.29 is 9.59 Å². The van der Waals surface area contributed by atoms with Gasteiger partial charge in [0.15, 0.2) is 0 Å². The smallest absolute Gasteiger partial charge is 0.325 e. The molecule has 2 aliphatic rings. The van der Waals surface area contributed by atoms with E-state index >= 15 is 0 Å². The highest BCUT2D eigenvalue weighted by atomic mass is 16.2. The second kappa shape index (κ2) is 11.5. The quantitative estimate of drug-likeness (QED) is 0.432. The number of hydrogen-bond acceptors (Lipinski definition) is 7. The van der Waals surface area contributed by atoms with Gasteiger partial charge in [-0.25, -0.2) is 9.78 Å². The molecule has 202 valence electrons. The number of piperazine rings is 1. The van der Waals surface area contributed by atoms with Gasteiger partial charge in [0, 0.05) is 68.6 Å². The first kappa shape index (κ1) is 26.2. The molecule has 0 saturated carbocycles. The van der Waals surface area contributed by atoms with Crippen molar-refractivity contribution in [1.29, 1.82) is 0 Å². The third kappa shape index (κ3) is 6.01. The van der Waals surface area contributed by atoms with Gasteiger partial charge in [0.2, 0.25) is 11.9 Å². The van der Waals surface area contributed by atoms with E-state index in [-0.39, 0.29) is 11.9 Å². The lowest BCUT2D eigenvalue weighted by atomic mass is 10.1. The number of para-hydroxylation sites is 1. The van der Waals surface area contributed by atoms with Gasteiger partial charge < -0.3 is 25.3 Å². The van der Waals surface area contributed by atoms with Crippen LogP contribution >= 0.6 is 0 Å². The molecule has 3 aromatic rings.